The van der Waals surface area contributed by atoms with Crippen molar-refractivity contribution >= 4 is 29.5 Å². The van der Waals surface area contributed by atoms with Crippen molar-refractivity contribution in [3.63, 3.8) is 0 Å². The second-order valence-electron chi connectivity index (χ2n) is 5.07. The first-order valence-electron chi connectivity index (χ1n) is 7.00. The highest BCUT2D eigenvalue weighted by Gasteiger charge is 2.38. The van der Waals surface area contributed by atoms with Crippen molar-refractivity contribution in [2.45, 2.75) is 5.75 Å². The van der Waals surface area contributed by atoms with E-state index in [0.29, 0.717) is 16.4 Å². The number of amides is 2. The summed E-state index contributed by atoms with van der Waals surface area (Å²) in [7, 11) is 0. The molecule has 5 nitrogen and oxygen atoms in total. The molecule has 122 valence electrons. The van der Waals surface area contributed by atoms with Crippen LogP contribution >= 0.6 is 11.8 Å². The quantitative estimate of drug-likeness (QED) is 0.797. The Labute approximate surface area is 141 Å². The van der Waals surface area contributed by atoms with Gasteiger partial charge in [0.05, 0.1) is 16.7 Å². The molecule has 7 heteroatoms. The standard InChI is InChI=1S/C17H12FNO4S/c1-24-9-11-8-10(6-7-14(11)18)17(22)23-19-15(20)12-4-2-3-5-13(12)16(19)21/h2-8H,9H2,1H3. The van der Waals surface area contributed by atoms with Gasteiger partial charge in [0.25, 0.3) is 11.8 Å². The summed E-state index contributed by atoms with van der Waals surface area (Å²) in [5.41, 5.74) is 0.770. The molecule has 1 aliphatic rings. The van der Waals surface area contributed by atoms with Crippen molar-refractivity contribution in [3.05, 3.63) is 70.5 Å². The van der Waals surface area contributed by atoms with E-state index in [-0.39, 0.29) is 16.7 Å². The fourth-order valence-corrected chi connectivity index (χ4v) is 2.89. The number of carbonyl (C=O) groups is 3. The first-order chi connectivity index (χ1) is 11.5. The van der Waals surface area contributed by atoms with Crippen molar-refractivity contribution in [2.75, 3.05) is 6.26 Å². The third-order valence-corrected chi connectivity index (χ3v) is 4.11. The molecule has 0 aliphatic carbocycles. The summed E-state index contributed by atoms with van der Waals surface area (Å²) < 4.78 is 13.6. The number of halogens is 1. The summed E-state index contributed by atoms with van der Waals surface area (Å²) >= 11 is 1.40. The Morgan fingerprint density at radius 2 is 1.75 bits per heavy atom. The van der Waals surface area contributed by atoms with E-state index in [1.54, 1.807) is 12.1 Å². The number of carbonyl (C=O) groups excluding carboxylic acids is 3. The zero-order chi connectivity index (χ0) is 17.3. The summed E-state index contributed by atoms with van der Waals surface area (Å²) in [4.78, 5) is 41.5. The van der Waals surface area contributed by atoms with Crippen LogP contribution in [0.4, 0.5) is 4.39 Å². The van der Waals surface area contributed by atoms with Crippen LogP contribution in [0.3, 0.4) is 0 Å². The summed E-state index contributed by atoms with van der Waals surface area (Å²) in [5.74, 6) is -2.33. The third-order valence-electron chi connectivity index (χ3n) is 3.51. The third kappa shape index (κ3) is 2.78. The minimum Gasteiger partial charge on any atom is -0.324 e. The Kier molecular flexibility index (Phi) is 4.35. The molecule has 3 rings (SSSR count). The van der Waals surface area contributed by atoms with Gasteiger partial charge in [-0.15, -0.1) is 0 Å². The molecule has 0 N–H and O–H groups in total. The van der Waals surface area contributed by atoms with Crippen LogP contribution < -0.4 is 0 Å². The molecule has 1 aliphatic heterocycles. The van der Waals surface area contributed by atoms with Crippen LogP contribution in [0, 0.1) is 5.82 Å². The molecular weight excluding hydrogens is 333 g/mol. The van der Waals surface area contributed by atoms with Gasteiger partial charge in [0.15, 0.2) is 0 Å². The molecule has 2 aromatic carbocycles. The van der Waals surface area contributed by atoms with Gasteiger partial charge in [-0.05, 0) is 42.2 Å². The second kappa shape index (κ2) is 6.45. The molecule has 0 saturated carbocycles. The Bertz CT molecular complexity index is 817. The second-order valence-corrected chi connectivity index (χ2v) is 5.93. The van der Waals surface area contributed by atoms with Gasteiger partial charge in [0, 0.05) is 5.75 Å². The van der Waals surface area contributed by atoms with Crippen LogP contribution in [0.5, 0.6) is 0 Å². The van der Waals surface area contributed by atoms with E-state index in [4.69, 9.17) is 4.84 Å². The summed E-state index contributed by atoms with van der Waals surface area (Å²) in [5, 5.41) is 0.435. The number of fused-ring (bicyclic) bond motifs is 1. The van der Waals surface area contributed by atoms with Gasteiger partial charge in [0.1, 0.15) is 5.82 Å². The summed E-state index contributed by atoms with van der Waals surface area (Å²) in [6.45, 7) is 0. The number of hydrogen-bond donors (Lipinski definition) is 0. The highest BCUT2D eigenvalue weighted by Crippen LogP contribution is 2.24. The Hall–Kier alpha value is -2.67. The number of rotatable bonds is 4. The molecule has 2 amide bonds. The van der Waals surface area contributed by atoms with Crippen LogP contribution in [-0.2, 0) is 10.6 Å². The molecule has 0 radical (unpaired) electrons. The average Bonchev–Trinajstić information content (AvgIpc) is 2.82. The fraction of sp³-hybridized carbons (Fsp3) is 0.118. The molecule has 1 heterocycles. The number of thioether (sulfide) groups is 1. The maximum atomic E-state index is 13.6. The lowest BCUT2D eigenvalue weighted by molar-refractivity contribution is -0.0584. The zero-order valence-corrected chi connectivity index (χ0v) is 13.4. The molecule has 24 heavy (non-hydrogen) atoms. The van der Waals surface area contributed by atoms with Gasteiger partial charge in [-0.1, -0.05) is 17.2 Å². The molecule has 0 atom stereocenters. The lowest BCUT2D eigenvalue weighted by Gasteiger charge is -2.13. The number of benzene rings is 2. The van der Waals surface area contributed by atoms with E-state index < -0.39 is 23.6 Å². The molecule has 0 spiro atoms. The highest BCUT2D eigenvalue weighted by molar-refractivity contribution is 7.97. The van der Waals surface area contributed by atoms with Crippen molar-refractivity contribution in [2.24, 2.45) is 0 Å². The van der Waals surface area contributed by atoms with E-state index in [1.807, 2.05) is 6.26 Å². The Morgan fingerprint density at radius 1 is 1.12 bits per heavy atom. The van der Waals surface area contributed by atoms with Crippen LogP contribution in [0.2, 0.25) is 0 Å². The maximum absolute atomic E-state index is 13.6. The van der Waals surface area contributed by atoms with Crippen molar-refractivity contribution in [1.29, 1.82) is 0 Å². The van der Waals surface area contributed by atoms with Crippen LogP contribution in [0.25, 0.3) is 0 Å². The molecule has 0 unspecified atom stereocenters. The average molecular weight is 345 g/mol. The van der Waals surface area contributed by atoms with Crippen molar-refractivity contribution < 1.29 is 23.6 Å². The van der Waals surface area contributed by atoms with Crippen LogP contribution in [0.1, 0.15) is 36.6 Å². The predicted octanol–water partition coefficient (Wildman–Crippen LogP) is 3.06. The van der Waals surface area contributed by atoms with Gasteiger partial charge in [-0.25, -0.2) is 9.18 Å². The van der Waals surface area contributed by atoms with Crippen LogP contribution in [-0.4, -0.2) is 29.1 Å². The largest absolute Gasteiger partial charge is 0.363 e. The number of imide groups is 1. The van der Waals surface area contributed by atoms with Gasteiger partial charge in [-0.2, -0.15) is 11.8 Å². The van der Waals surface area contributed by atoms with Gasteiger partial charge < -0.3 is 4.84 Å². The SMILES string of the molecule is CSCc1cc(C(=O)ON2C(=O)c3ccccc3C2=O)ccc1F. The molecule has 2 aromatic rings. The molecule has 0 saturated heterocycles. The minimum absolute atomic E-state index is 0.0667. The molecular formula is C17H12FNO4S. The normalized spacial score (nSPS) is 13.2. The summed E-state index contributed by atoms with van der Waals surface area (Å²) in [6, 6.07) is 9.96. The first kappa shape index (κ1) is 16.2. The Balaban J connectivity index is 1.82. The summed E-state index contributed by atoms with van der Waals surface area (Å²) in [6.07, 6.45) is 1.81. The Morgan fingerprint density at radius 3 is 2.33 bits per heavy atom. The molecule has 0 fully saturated rings. The van der Waals surface area contributed by atoms with E-state index in [2.05, 4.69) is 0 Å². The lowest BCUT2D eigenvalue weighted by atomic mass is 10.1. The van der Waals surface area contributed by atoms with E-state index in [9.17, 15) is 18.8 Å². The van der Waals surface area contributed by atoms with Gasteiger partial charge >= 0.3 is 5.97 Å². The van der Waals surface area contributed by atoms with E-state index in [0.717, 1.165) is 6.07 Å². The number of nitrogens with zero attached hydrogens (tertiary/aromatic N) is 1. The smallest absolute Gasteiger partial charge is 0.324 e. The zero-order valence-electron chi connectivity index (χ0n) is 12.6. The molecule has 0 bridgehead atoms. The van der Waals surface area contributed by atoms with E-state index >= 15 is 0 Å². The minimum atomic E-state index is -0.896. The monoisotopic (exact) mass is 345 g/mol. The highest BCUT2D eigenvalue weighted by atomic mass is 32.2. The van der Waals surface area contributed by atoms with Gasteiger partial charge in [-0.3, -0.25) is 9.59 Å². The van der Waals surface area contributed by atoms with E-state index in [1.165, 1.54) is 36.0 Å². The lowest BCUT2D eigenvalue weighted by Crippen LogP contribution is -2.32. The van der Waals surface area contributed by atoms with Crippen molar-refractivity contribution in [3.8, 4) is 0 Å². The topological polar surface area (TPSA) is 63.7 Å². The number of hydrogen-bond acceptors (Lipinski definition) is 5. The molecule has 0 aromatic heterocycles. The predicted molar refractivity (Wildman–Crippen MR) is 86.0 cm³/mol. The maximum Gasteiger partial charge on any atom is 0.363 e. The van der Waals surface area contributed by atoms with Crippen molar-refractivity contribution in [1.82, 2.24) is 5.06 Å². The number of hydroxylamine groups is 2. The fourth-order valence-electron chi connectivity index (χ4n) is 2.35. The van der Waals surface area contributed by atoms with Gasteiger partial charge in [0.2, 0.25) is 0 Å². The van der Waals surface area contributed by atoms with Crippen LogP contribution in [0.15, 0.2) is 42.5 Å². The first-order valence-corrected chi connectivity index (χ1v) is 8.39.